The Morgan fingerprint density at radius 1 is 1.34 bits per heavy atom. The first-order valence-electron chi connectivity index (χ1n) is 12.2. The van der Waals surface area contributed by atoms with E-state index in [2.05, 4.69) is 51.0 Å². The minimum absolute atomic E-state index is 0.0502. The molecular weight excluding hydrogens is 460 g/mol. The fraction of sp³-hybridized carbons (Fsp3) is 0.583. The Morgan fingerprint density at radius 3 is 2.97 bits per heavy atom. The number of aromatic nitrogens is 5. The Balaban J connectivity index is 1.51. The van der Waals surface area contributed by atoms with Gasteiger partial charge in [-0.05, 0) is 12.1 Å². The van der Waals surface area contributed by atoms with Gasteiger partial charge in [0.05, 0.1) is 37.0 Å². The van der Waals surface area contributed by atoms with E-state index in [1.54, 1.807) is 12.5 Å². The normalized spacial score (nSPS) is 18.1. The summed E-state index contributed by atoms with van der Waals surface area (Å²) in [5, 5.41) is 28.0. The highest BCUT2D eigenvalue weighted by molar-refractivity contribution is 6.76. The number of ether oxygens (including phenoxy) is 1. The molecule has 3 aromatic heterocycles. The second kappa shape index (κ2) is 11.4. The highest BCUT2D eigenvalue weighted by Crippen LogP contribution is 2.27. The van der Waals surface area contributed by atoms with Gasteiger partial charge in [-0.3, -0.25) is 9.58 Å². The topological polar surface area (TPSA) is 117 Å². The van der Waals surface area contributed by atoms with E-state index in [4.69, 9.17) is 4.74 Å². The van der Waals surface area contributed by atoms with E-state index >= 15 is 0 Å². The molecule has 4 rings (SSSR count). The number of hydrogen-bond acceptors (Lipinski definition) is 8. The van der Waals surface area contributed by atoms with Gasteiger partial charge >= 0.3 is 0 Å². The molecule has 1 aliphatic rings. The van der Waals surface area contributed by atoms with Gasteiger partial charge in [-0.1, -0.05) is 19.6 Å². The molecule has 0 aromatic carbocycles. The van der Waals surface area contributed by atoms with Crippen LogP contribution in [-0.4, -0.2) is 87.8 Å². The molecule has 2 unspecified atom stereocenters. The van der Waals surface area contributed by atoms with Crippen LogP contribution in [0.15, 0.2) is 31.0 Å². The molecule has 0 radical (unpaired) electrons. The highest BCUT2D eigenvalue weighted by atomic mass is 28.3. The van der Waals surface area contributed by atoms with Gasteiger partial charge in [0.15, 0.2) is 0 Å². The van der Waals surface area contributed by atoms with E-state index in [0.29, 0.717) is 19.7 Å². The van der Waals surface area contributed by atoms with Crippen molar-refractivity contribution in [2.75, 3.05) is 39.4 Å². The Morgan fingerprint density at radius 2 is 2.20 bits per heavy atom. The second-order valence-electron chi connectivity index (χ2n) is 10.4. The van der Waals surface area contributed by atoms with Gasteiger partial charge in [-0.2, -0.15) is 10.4 Å². The lowest BCUT2D eigenvalue weighted by molar-refractivity contribution is 0.0860. The van der Waals surface area contributed by atoms with Crippen molar-refractivity contribution in [1.82, 2.24) is 34.5 Å². The predicted octanol–water partition coefficient (Wildman–Crippen LogP) is 2.33. The minimum atomic E-state index is -1.13. The quantitative estimate of drug-likeness (QED) is 0.307. The molecule has 10 nitrogen and oxygen atoms in total. The van der Waals surface area contributed by atoms with E-state index in [1.807, 2.05) is 27.7 Å². The van der Waals surface area contributed by atoms with E-state index in [-0.39, 0.29) is 18.7 Å². The zero-order valence-electron chi connectivity index (χ0n) is 20.9. The summed E-state index contributed by atoms with van der Waals surface area (Å²) in [7, 11) is -1.13. The second-order valence-corrected chi connectivity index (χ2v) is 16.0. The number of hydrogen-bond donors (Lipinski definition) is 2. The van der Waals surface area contributed by atoms with Gasteiger partial charge in [0.1, 0.15) is 18.7 Å². The average molecular weight is 497 g/mol. The first-order chi connectivity index (χ1) is 16.9. The summed E-state index contributed by atoms with van der Waals surface area (Å²) < 4.78 is 9.79. The summed E-state index contributed by atoms with van der Waals surface area (Å²) in [5.41, 5.74) is 2.53. The van der Waals surface area contributed by atoms with Crippen molar-refractivity contribution in [2.24, 2.45) is 0 Å². The molecule has 3 aromatic rings. The average Bonchev–Trinajstić information content (AvgIpc) is 3.49. The van der Waals surface area contributed by atoms with Gasteiger partial charge in [0.2, 0.25) is 0 Å². The van der Waals surface area contributed by atoms with Gasteiger partial charge in [-0.15, -0.1) is 0 Å². The standard InChI is InChI=1S/C24H36N8O2Si/c1-35(2,3)11-10-34-18-31-8-5-22-23(27-17-28-24(22)31)19-12-29-32(14-19)20(4-6-25)15-30-9-7-26-13-21(30)16-33/h5,8,12,14,17,20-21,26,33H,4,7,9-11,13,15-16,18H2,1-3H3. The maximum Gasteiger partial charge on any atom is 0.145 e. The summed E-state index contributed by atoms with van der Waals surface area (Å²) in [6.45, 7) is 11.5. The Hall–Kier alpha value is -2.62. The first kappa shape index (κ1) is 25.5. The number of rotatable bonds is 11. The zero-order chi connectivity index (χ0) is 24.8. The molecule has 0 spiro atoms. The molecule has 1 saturated heterocycles. The van der Waals surface area contributed by atoms with Crippen molar-refractivity contribution < 1.29 is 9.84 Å². The van der Waals surface area contributed by atoms with Crippen LogP contribution in [0.4, 0.5) is 0 Å². The molecule has 35 heavy (non-hydrogen) atoms. The fourth-order valence-corrected chi connectivity index (χ4v) is 5.14. The zero-order valence-corrected chi connectivity index (χ0v) is 21.9. The maximum absolute atomic E-state index is 9.74. The Kier molecular flexibility index (Phi) is 8.30. The van der Waals surface area contributed by atoms with Gasteiger partial charge in [-0.25, -0.2) is 9.97 Å². The van der Waals surface area contributed by atoms with Crippen LogP contribution < -0.4 is 5.32 Å². The molecule has 0 amide bonds. The molecule has 11 heteroatoms. The third kappa shape index (κ3) is 6.34. The smallest absolute Gasteiger partial charge is 0.145 e. The predicted molar refractivity (Wildman–Crippen MR) is 137 cm³/mol. The Bertz CT molecular complexity index is 1150. The summed E-state index contributed by atoms with van der Waals surface area (Å²) in [4.78, 5) is 11.3. The molecular formula is C24H36N8O2Si. The van der Waals surface area contributed by atoms with E-state index < -0.39 is 8.07 Å². The SMILES string of the molecule is C[Si](C)(C)CCOCn1ccc2c(-c3cnn(C(CC#N)CN4CCNCC4CO)c3)ncnc21. The number of piperazine rings is 1. The summed E-state index contributed by atoms with van der Waals surface area (Å²) >= 11 is 0. The molecule has 1 aliphatic heterocycles. The summed E-state index contributed by atoms with van der Waals surface area (Å²) in [6.07, 6.45) is 7.66. The number of nitrogens with zero attached hydrogens (tertiary/aromatic N) is 7. The lowest BCUT2D eigenvalue weighted by Gasteiger charge is -2.36. The van der Waals surface area contributed by atoms with Crippen molar-refractivity contribution in [1.29, 1.82) is 5.26 Å². The van der Waals surface area contributed by atoms with Crippen LogP contribution in [0.2, 0.25) is 25.7 Å². The number of aliphatic hydroxyl groups is 1. The van der Waals surface area contributed by atoms with Crippen LogP contribution in [0, 0.1) is 11.3 Å². The van der Waals surface area contributed by atoms with Crippen LogP contribution in [0.25, 0.3) is 22.3 Å². The molecule has 0 aliphatic carbocycles. The van der Waals surface area contributed by atoms with Crippen molar-refractivity contribution in [3.05, 3.63) is 31.0 Å². The largest absolute Gasteiger partial charge is 0.395 e. The Labute approximate surface area is 207 Å². The maximum atomic E-state index is 9.74. The highest BCUT2D eigenvalue weighted by Gasteiger charge is 2.26. The minimum Gasteiger partial charge on any atom is -0.395 e. The molecule has 1 fully saturated rings. The van der Waals surface area contributed by atoms with E-state index in [1.165, 1.54) is 0 Å². The van der Waals surface area contributed by atoms with Crippen LogP contribution in [0.3, 0.4) is 0 Å². The van der Waals surface area contributed by atoms with Crippen molar-refractivity contribution in [2.45, 2.75) is 50.9 Å². The molecule has 188 valence electrons. The third-order valence-corrected chi connectivity index (χ3v) is 8.19. The molecule has 4 heterocycles. The fourth-order valence-electron chi connectivity index (χ4n) is 4.38. The number of nitriles is 1. The van der Waals surface area contributed by atoms with Gasteiger partial charge in [0, 0.05) is 70.2 Å². The van der Waals surface area contributed by atoms with Crippen LogP contribution >= 0.6 is 0 Å². The van der Waals surface area contributed by atoms with Crippen molar-refractivity contribution >= 4 is 19.1 Å². The summed E-state index contributed by atoms with van der Waals surface area (Å²) in [6, 6.07) is 5.38. The van der Waals surface area contributed by atoms with E-state index in [9.17, 15) is 10.4 Å². The third-order valence-electron chi connectivity index (χ3n) is 6.49. The monoisotopic (exact) mass is 496 g/mol. The van der Waals surface area contributed by atoms with Crippen LogP contribution in [0.1, 0.15) is 12.5 Å². The van der Waals surface area contributed by atoms with Crippen molar-refractivity contribution in [3.63, 3.8) is 0 Å². The molecule has 2 atom stereocenters. The molecule has 2 N–H and O–H groups in total. The van der Waals surface area contributed by atoms with Crippen molar-refractivity contribution in [3.8, 4) is 17.3 Å². The van der Waals surface area contributed by atoms with Crippen LogP contribution in [0.5, 0.6) is 0 Å². The lowest BCUT2D eigenvalue weighted by Crippen LogP contribution is -2.54. The number of aliphatic hydroxyl groups excluding tert-OH is 1. The molecule has 0 bridgehead atoms. The van der Waals surface area contributed by atoms with Gasteiger partial charge in [0.25, 0.3) is 0 Å². The van der Waals surface area contributed by atoms with Crippen LogP contribution in [-0.2, 0) is 11.5 Å². The first-order valence-corrected chi connectivity index (χ1v) is 15.9. The number of nitrogens with one attached hydrogen (secondary N) is 1. The number of fused-ring (bicyclic) bond motifs is 1. The molecule has 0 saturated carbocycles. The van der Waals surface area contributed by atoms with E-state index in [0.717, 1.165) is 54.6 Å². The summed E-state index contributed by atoms with van der Waals surface area (Å²) in [5.74, 6) is 0. The lowest BCUT2D eigenvalue weighted by atomic mass is 10.1. The van der Waals surface area contributed by atoms with Gasteiger partial charge < -0.3 is 19.7 Å².